The molecule has 0 aromatic carbocycles. The zero-order valence-electron chi connectivity index (χ0n) is 9.27. The molecule has 0 spiro atoms. The number of carbonyl (C=O) groups is 2. The van der Waals surface area contributed by atoms with Gasteiger partial charge in [-0.2, -0.15) is 0 Å². The Kier molecular flexibility index (Phi) is 21.2. The summed E-state index contributed by atoms with van der Waals surface area (Å²) in [5.41, 5.74) is -0.937. The molecule has 1 atom stereocenters. The number of carboxylic acid groups (broad SMARTS) is 1. The van der Waals surface area contributed by atoms with Crippen LogP contribution in [0.15, 0.2) is 0 Å². The van der Waals surface area contributed by atoms with Gasteiger partial charge in [0.05, 0.1) is 13.0 Å². The summed E-state index contributed by atoms with van der Waals surface area (Å²) in [4.78, 5) is 21.4. The van der Waals surface area contributed by atoms with E-state index in [0.717, 1.165) is 0 Å². The van der Waals surface area contributed by atoms with Crippen LogP contribution in [0.1, 0.15) is 20.3 Å². The molecule has 1 amide bonds. The number of nitrogens with one attached hydrogen (secondary N) is 1. The first-order chi connectivity index (χ1) is 6.81. The summed E-state index contributed by atoms with van der Waals surface area (Å²) in [6.07, 6.45) is -1.55. The molecule has 0 heterocycles. The molecular formula is C9H22Ca2ClNO5. The Hall–Kier alpha value is 1.67. The topological polar surface area (TPSA) is 107 Å². The second-order valence-corrected chi connectivity index (χ2v) is 3.98. The van der Waals surface area contributed by atoms with Crippen molar-refractivity contribution in [1.82, 2.24) is 5.32 Å². The summed E-state index contributed by atoms with van der Waals surface area (Å²) in [5.74, 6) is -1.69. The van der Waals surface area contributed by atoms with Crippen LogP contribution in [0, 0.1) is 5.41 Å². The van der Waals surface area contributed by atoms with Gasteiger partial charge in [0.25, 0.3) is 0 Å². The van der Waals surface area contributed by atoms with Crippen molar-refractivity contribution in [3.05, 3.63) is 0 Å². The van der Waals surface area contributed by atoms with E-state index in [1.165, 1.54) is 13.8 Å². The average Bonchev–Trinajstić information content (AvgIpc) is 2.15. The number of aliphatic hydroxyl groups excluding tert-OH is 2. The molecule has 0 radical (unpaired) electrons. The Labute approximate surface area is 172 Å². The standard InChI is InChI=1S/C9H17NO5.2Ca.ClH.4H/c1-9(2,5-11)7(14)8(15)10-4-3-6(12)13;;;;;;;/h7,11,14H,3-5H2,1-2H3,(H,10,15)(H,12,13);;;1H;;;;/t7-;;;;;;;/m0......./s1. The van der Waals surface area contributed by atoms with E-state index in [0.29, 0.717) is 0 Å². The fourth-order valence-electron chi connectivity index (χ4n) is 0.831. The predicted octanol–water partition coefficient (Wildman–Crippen LogP) is -2.45. The molecular weight excluding hydrogens is 318 g/mol. The summed E-state index contributed by atoms with van der Waals surface area (Å²) in [6, 6.07) is 0. The van der Waals surface area contributed by atoms with Gasteiger partial charge in [-0.3, -0.25) is 9.59 Å². The van der Waals surface area contributed by atoms with Crippen molar-refractivity contribution >= 4 is 99.8 Å². The van der Waals surface area contributed by atoms with Crippen LogP contribution in [0.3, 0.4) is 0 Å². The molecule has 0 aliphatic carbocycles. The van der Waals surface area contributed by atoms with Crippen LogP contribution >= 0.6 is 12.4 Å². The third kappa shape index (κ3) is 11.5. The van der Waals surface area contributed by atoms with Gasteiger partial charge in [0, 0.05) is 12.0 Å². The van der Waals surface area contributed by atoms with Crippen LogP contribution in [0.4, 0.5) is 0 Å². The fraction of sp³-hybridized carbons (Fsp3) is 0.778. The molecule has 0 rings (SSSR count). The van der Waals surface area contributed by atoms with Gasteiger partial charge in [0.1, 0.15) is 6.10 Å². The molecule has 9 heteroatoms. The van der Waals surface area contributed by atoms with Crippen molar-refractivity contribution in [3.8, 4) is 0 Å². The first-order valence-electron chi connectivity index (χ1n) is 4.59. The van der Waals surface area contributed by atoms with Gasteiger partial charge in [-0.05, 0) is 0 Å². The van der Waals surface area contributed by atoms with E-state index in [1.54, 1.807) is 0 Å². The second-order valence-electron chi connectivity index (χ2n) is 3.98. The van der Waals surface area contributed by atoms with E-state index in [-0.39, 0.29) is 107 Å². The number of hydrogen-bond acceptors (Lipinski definition) is 4. The molecule has 0 aromatic heterocycles. The molecule has 104 valence electrons. The number of aliphatic hydroxyl groups is 2. The van der Waals surface area contributed by atoms with Crippen LogP contribution in [-0.4, -0.2) is 122 Å². The van der Waals surface area contributed by atoms with Crippen LogP contribution in [0.25, 0.3) is 0 Å². The van der Waals surface area contributed by atoms with Crippen molar-refractivity contribution in [1.29, 1.82) is 0 Å². The summed E-state index contributed by atoms with van der Waals surface area (Å²) in [6.45, 7) is 2.70. The first-order valence-corrected chi connectivity index (χ1v) is 4.59. The normalized spacial score (nSPS) is 11.1. The average molecular weight is 340 g/mol. The maximum absolute atomic E-state index is 11.3. The minimum absolute atomic E-state index is 0. The van der Waals surface area contributed by atoms with Gasteiger partial charge in [0.15, 0.2) is 0 Å². The quantitative estimate of drug-likeness (QED) is 0.402. The van der Waals surface area contributed by atoms with Gasteiger partial charge in [-0.25, -0.2) is 0 Å². The molecule has 0 aromatic rings. The van der Waals surface area contributed by atoms with Gasteiger partial charge in [-0.1, -0.05) is 13.8 Å². The third-order valence-electron chi connectivity index (χ3n) is 2.03. The van der Waals surface area contributed by atoms with E-state index < -0.39 is 23.4 Å². The molecule has 0 fully saturated rings. The molecule has 18 heavy (non-hydrogen) atoms. The molecule has 0 saturated heterocycles. The van der Waals surface area contributed by atoms with E-state index in [2.05, 4.69) is 5.32 Å². The number of carboxylic acids is 1. The van der Waals surface area contributed by atoms with Gasteiger partial charge < -0.3 is 20.6 Å². The summed E-state index contributed by atoms with van der Waals surface area (Å²) in [5, 5.41) is 29.0. The minimum atomic E-state index is -1.35. The van der Waals surface area contributed by atoms with Crippen LogP contribution < -0.4 is 5.32 Å². The summed E-state index contributed by atoms with van der Waals surface area (Å²) >= 11 is 0. The fourth-order valence-corrected chi connectivity index (χ4v) is 0.831. The number of hydrogen-bond donors (Lipinski definition) is 4. The van der Waals surface area contributed by atoms with E-state index in [1.807, 2.05) is 0 Å². The first kappa shape index (κ1) is 27.9. The Morgan fingerprint density at radius 1 is 1.28 bits per heavy atom. The van der Waals surface area contributed by atoms with Crippen molar-refractivity contribution in [2.24, 2.45) is 5.41 Å². The van der Waals surface area contributed by atoms with Crippen LogP contribution in [0.5, 0.6) is 0 Å². The molecule has 0 unspecified atom stereocenters. The maximum atomic E-state index is 11.3. The van der Waals surface area contributed by atoms with E-state index in [4.69, 9.17) is 10.2 Å². The Balaban J connectivity index is -0.000000327. The van der Waals surface area contributed by atoms with Crippen LogP contribution in [-0.2, 0) is 9.59 Å². The van der Waals surface area contributed by atoms with Gasteiger partial charge in [-0.15, -0.1) is 12.4 Å². The molecule has 0 bridgehead atoms. The zero-order chi connectivity index (χ0) is 12.1. The van der Waals surface area contributed by atoms with E-state index >= 15 is 0 Å². The number of halogens is 1. The molecule has 0 aliphatic rings. The number of carbonyl (C=O) groups excluding carboxylic acids is 1. The molecule has 0 saturated carbocycles. The van der Waals surface area contributed by atoms with Crippen molar-refractivity contribution in [2.75, 3.05) is 13.2 Å². The molecule has 6 nitrogen and oxygen atoms in total. The van der Waals surface area contributed by atoms with Crippen LogP contribution in [0.2, 0.25) is 0 Å². The molecule has 4 N–H and O–H groups in total. The third-order valence-corrected chi connectivity index (χ3v) is 2.03. The number of amides is 1. The Bertz CT molecular complexity index is 253. The second kappa shape index (κ2) is 13.6. The zero-order valence-corrected chi connectivity index (χ0v) is 10.1. The van der Waals surface area contributed by atoms with Gasteiger partial charge >= 0.3 is 81.4 Å². The van der Waals surface area contributed by atoms with Crippen molar-refractivity contribution in [2.45, 2.75) is 26.4 Å². The number of aliphatic carboxylic acids is 1. The summed E-state index contributed by atoms with van der Waals surface area (Å²) in [7, 11) is 0. The SMILES string of the molecule is CC(C)(CO)[C@@H](O)C(=O)NCCC(=O)O.Cl.[CaH2].[CaH2]. The van der Waals surface area contributed by atoms with E-state index in [9.17, 15) is 14.7 Å². The van der Waals surface area contributed by atoms with Gasteiger partial charge in [0.2, 0.25) is 5.91 Å². The predicted molar refractivity (Wildman–Crippen MR) is 76.5 cm³/mol. The molecule has 0 aliphatic heterocycles. The van der Waals surface area contributed by atoms with Crippen molar-refractivity contribution < 1.29 is 24.9 Å². The Morgan fingerprint density at radius 3 is 2.06 bits per heavy atom. The summed E-state index contributed by atoms with van der Waals surface area (Å²) < 4.78 is 0. The van der Waals surface area contributed by atoms with Crippen molar-refractivity contribution in [3.63, 3.8) is 0 Å². The Morgan fingerprint density at radius 2 is 1.72 bits per heavy atom. The monoisotopic (exact) mass is 339 g/mol. The number of rotatable bonds is 6.